The van der Waals surface area contributed by atoms with Gasteiger partial charge in [-0.25, -0.2) is 0 Å². The lowest BCUT2D eigenvalue weighted by Crippen LogP contribution is -1.99. The highest BCUT2D eigenvalue weighted by atomic mass is 16.6. The summed E-state index contributed by atoms with van der Waals surface area (Å²) in [5, 5.41) is 18.0. The van der Waals surface area contributed by atoms with Crippen LogP contribution in [0.1, 0.15) is 5.56 Å². The van der Waals surface area contributed by atoms with E-state index in [4.69, 9.17) is 10.5 Å². The van der Waals surface area contributed by atoms with Crippen LogP contribution in [0, 0.1) is 17.0 Å². The van der Waals surface area contributed by atoms with Crippen molar-refractivity contribution in [3.05, 3.63) is 40.1 Å². The number of aryl methyl sites for hydroxylation is 1. The number of nitrogens with one attached hydrogen (secondary N) is 1. The van der Waals surface area contributed by atoms with Gasteiger partial charge in [-0.3, -0.25) is 15.2 Å². The molecule has 0 unspecified atom stereocenters. The molecule has 0 amide bonds. The lowest BCUT2D eigenvalue weighted by molar-refractivity contribution is -0.385. The van der Waals surface area contributed by atoms with Gasteiger partial charge in [-0.2, -0.15) is 15.1 Å². The van der Waals surface area contributed by atoms with Crippen molar-refractivity contribution in [1.29, 1.82) is 0 Å². The predicted octanol–water partition coefficient (Wildman–Crippen LogP) is 1.94. The minimum atomic E-state index is -0.514. The molecule has 2 aromatic heterocycles. The van der Waals surface area contributed by atoms with Crippen LogP contribution >= 0.6 is 0 Å². The Morgan fingerprint density at radius 2 is 2.19 bits per heavy atom. The maximum absolute atomic E-state index is 11.1. The highest BCUT2D eigenvalue weighted by Crippen LogP contribution is 2.33. The molecule has 3 aromatic rings. The van der Waals surface area contributed by atoms with Crippen LogP contribution in [0.25, 0.3) is 11.0 Å². The third-order valence-electron chi connectivity index (χ3n) is 2.81. The molecule has 0 aliphatic heterocycles. The summed E-state index contributed by atoms with van der Waals surface area (Å²) in [7, 11) is 0. The molecule has 106 valence electrons. The molecule has 0 aliphatic carbocycles. The average molecular weight is 286 g/mol. The van der Waals surface area contributed by atoms with E-state index >= 15 is 0 Å². The normalized spacial score (nSPS) is 10.7. The van der Waals surface area contributed by atoms with Crippen LogP contribution in [-0.2, 0) is 0 Å². The van der Waals surface area contributed by atoms with Crippen molar-refractivity contribution in [2.75, 3.05) is 5.73 Å². The fraction of sp³-hybridized carbons (Fsp3) is 0.0833. The average Bonchev–Trinajstić information content (AvgIpc) is 2.88. The zero-order chi connectivity index (χ0) is 15.0. The van der Waals surface area contributed by atoms with Crippen LogP contribution in [0.2, 0.25) is 0 Å². The third-order valence-corrected chi connectivity index (χ3v) is 2.81. The molecule has 0 aliphatic rings. The number of ether oxygens (including phenoxy) is 1. The minimum Gasteiger partial charge on any atom is -0.431 e. The van der Waals surface area contributed by atoms with Crippen LogP contribution < -0.4 is 10.5 Å². The van der Waals surface area contributed by atoms with Gasteiger partial charge in [-0.05, 0) is 18.6 Å². The molecule has 21 heavy (non-hydrogen) atoms. The molecule has 0 fully saturated rings. The third kappa shape index (κ3) is 2.31. The number of fused-ring (bicyclic) bond motifs is 1. The van der Waals surface area contributed by atoms with Gasteiger partial charge in [0.2, 0.25) is 17.6 Å². The SMILES string of the molecule is Cc1ccc(Oc2nc(N)nc3[nH]ncc23)c([N+](=O)[O-])c1. The Labute approximate surface area is 117 Å². The molecule has 0 spiro atoms. The monoisotopic (exact) mass is 286 g/mol. The quantitative estimate of drug-likeness (QED) is 0.555. The zero-order valence-electron chi connectivity index (χ0n) is 10.9. The number of rotatable bonds is 3. The number of nitrogens with zero attached hydrogens (tertiary/aromatic N) is 4. The molecular weight excluding hydrogens is 276 g/mol. The van der Waals surface area contributed by atoms with Gasteiger partial charge >= 0.3 is 5.69 Å². The van der Waals surface area contributed by atoms with E-state index in [-0.39, 0.29) is 23.3 Å². The molecule has 2 heterocycles. The summed E-state index contributed by atoms with van der Waals surface area (Å²) in [5.41, 5.74) is 6.58. The van der Waals surface area contributed by atoms with Crippen molar-refractivity contribution in [2.24, 2.45) is 0 Å². The Bertz CT molecular complexity index is 844. The molecule has 3 rings (SSSR count). The first kappa shape index (κ1) is 12.8. The van der Waals surface area contributed by atoms with E-state index in [9.17, 15) is 10.1 Å². The van der Waals surface area contributed by atoms with E-state index in [1.165, 1.54) is 18.3 Å². The standard InChI is InChI=1S/C12H10N6O3/c1-6-2-3-9(8(4-6)18(19)20)21-11-7-5-14-17-10(7)15-12(13)16-11/h2-5H,1H3,(H3,13,14,15,16,17). The second kappa shape index (κ2) is 4.71. The number of aromatic amines is 1. The van der Waals surface area contributed by atoms with Crippen molar-refractivity contribution in [3.8, 4) is 11.6 Å². The second-order valence-corrected chi connectivity index (χ2v) is 4.35. The lowest BCUT2D eigenvalue weighted by atomic mass is 10.2. The van der Waals surface area contributed by atoms with E-state index in [2.05, 4.69) is 20.2 Å². The summed E-state index contributed by atoms with van der Waals surface area (Å²) in [4.78, 5) is 18.5. The largest absolute Gasteiger partial charge is 0.431 e. The molecule has 3 N–H and O–H groups in total. The summed E-state index contributed by atoms with van der Waals surface area (Å²) in [6.45, 7) is 1.76. The number of H-pyrrole nitrogens is 1. The van der Waals surface area contributed by atoms with Gasteiger partial charge < -0.3 is 10.5 Å². The Balaban J connectivity index is 2.10. The summed E-state index contributed by atoms with van der Waals surface area (Å²) in [6, 6.07) is 4.64. The minimum absolute atomic E-state index is 0.0171. The number of aromatic nitrogens is 4. The zero-order valence-corrected chi connectivity index (χ0v) is 10.9. The van der Waals surface area contributed by atoms with Crippen LogP contribution in [0.5, 0.6) is 11.6 Å². The number of anilines is 1. The van der Waals surface area contributed by atoms with E-state index in [0.29, 0.717) is 11.0 Å². The Hall–Kier alpha value is -3.23. The van der Waals surface area contributed by atoms with Crippen LogP contribution in [0.3, 0.4) is 0 Å². The highest BCUT2D eigenvalue weighted by molar-refractivity contribution is 5.80. The molecule has 1 aromatic carbocycles. The predicted molar refractivity (Wildman–Crippen MR) is 74.0 cm³/mol. The molecule has 0 radical (unpaired) electrons. The molecule has 0 saturated heterocycles. The number of hydrogen-bond acceptors (Lipinski definition) is 7. The van der Waals surface area contributed by atoms with E-state index in [1.807, 2.05) is 0 Å². The molecule has 9 heteroatoms. The van der Waals surface area contributed by atoms with E-state index in [1.54, 1.807) is 13.0 Å². The highest BCUT2D eigenvalue weighted by Gasteiger charge is 2.18. The second-order valence-electron chi connectivity index (χ2n) is 4.35. The smallest absolute Gasteiger partial charge is 0.311 e. The Morgan fingerprint density at radius 1 is 1.38 bits per heavy atom. The summed E-state index contributed by atoms with van der Waals surface area (Å²) in [5.74, 6) is 0.168. The van der Waals surface area contributed by atoms with Crippen molar-refractivity contribution >= 4 is 22.7 Å². The number of nitro benzene ring substituents is 1. The first-order valence-corrected chi connectivity index (χ1v) is 5.94. The maximum Gasteiger partial charge on any atom is 0.311 e. The van der Waals surface area contributed by atoms with Crippen molar-refractivity contribution in [2.45, 2.75) is 6.92 Å². The molecular formula is C12H10N6O3. The molecule has 0 bridgehead atoms. The lowest BCUT2D eigenvalue weighted by Gasteiger charge is -2.07. The topological polar surface area (TPSA) is 133 Å². The van der Waals surface area contributed by atoms with Crippen molar-refractivity contribution < 1.29 is 9.66 Å². The van der Waals surface area contributed by atoms with Crippen molar-refractivity contribution in [1.82, 2.24) is 20.2 Å². The van der Waals surface area contributed by atoms with Gasteiger partial charge in [0, 0.05) is 6.07 Å². The van der Waals surface area contributed by atoms with E-state index in [0.717, 1.165) is 5.56 Å². The number of hydrogen-bond donors (Lipinski definition) is 2. The number of nitrogens with two attached hydrogens (primary N) is 1. The summed E-state index contributed by atoms with van der Waals surface area (Å²) >= 11 is 0. The van der Waals surface area contributed by atoms with Crippen LogP contribution in [-0.4, -0.2) is 25.1 Å². The van der Waals surface area contributed by atoms with Gasteiger partial charge in [-0.15, -0.1) is 0 Å². The molecule has 0 saturated carbocycles. The van der Waals surface area contributed by atoms with Gasteiger partial charge in [0.15, 0.2) is 5.65 Å². The maximum atomic E-state index is 11.1. The fourth-order valence-corrected chi connectivity index (χ4v) is 1.86. The van der Waals surface area contributed by atoms with E-state index < -0.39 is 4.92 Å². The fourth-order valence-electron chi connectivity index (χ4n) is 1.86. The Kier molecular flexibility index (Phi) is 2.87. The van der Waals surface area contributed by atoms with Gasteiger partial charge in [0.1, 0.15) is 5.39 Å². The van der Waals surface area contributed by atoms with Gasteiger partial charge in [0.05, 0.1) is 11.1 Å². The van der Waals surface area contributed by atoms with Crippen LogP contribution in [0.4, 0.5) is 11.6 Å². The van der Waals surface area contributed by atoms with Crippen molar-refractivity contribution in [3.63, 3.8) is 0 Å². The number of nitrogen functional groups attached to an aromatic ring is 1. The number of benzene rings is 1. The van der Waals surface area contributed by atoms with Gasteiger partial charge in [-0.1, -0.05) is 6.07 Å². The number of nitro groups is 1. The van der Waals surface area contributed by atoms with Gasteiger partial charge in [0.25, 0.3) is 0 Å². The van der Waals surface area contributed by atoms with Crippen LogP contribution in [0.15, 0.2) is 24.4 Å². The molecule has 9 nitrogen and oxygen atoms in total. The first-order valence-electron chi connectivity index (χ1n) is 5.94. The Morgan fingerprint density at radius 3 is 2.95 bits per heavy atom. The first-order chi connectivity index (χ1) is 10.0. The summed E-state index contributed by atoms with van der Waals surface area (Å²) in [6.07, 6.45) is 1.46. The molecule has 0 atom stereocenters. The summed E-state index contributed by atoms with van der Waals surface area (Å²) < 4.78 is 5.55.